The Morgan fingerprint density at radius 1 is 0.345 bits per heavy atom. The molecule has 19 rings (SSSR count). The Labute approximate surface area is 706 Å². The highest BCUT2D eigenvalue weighted by Crippen LogP contribution is 2.53. The van der Waals surface area contributed by atoms with Crippen LogP contribution in [0.3, 0.4) is 0 Å². The Balaban J connectivity index is 0.000000146. The van der Waals surface area contributed by atoms with E-state index in [0.29, 0.717) is 55.8 Å². The number of hydrogen-bond acceptors (Lipinski definition) is 9. The van der Waals surface area contributed by atoms with Crippen LogP contribution in [0.2, 0.25) is 0 Å². The molecular formula is C104H200N8O. The molecule has 662 valence electrons. The summed E-state index contributed by atoms with van der Waals surface area (Å²) in [5.74, 6) is 12.2. The predicted molar refractivity (Wildman–Crippen MR) is 492 cm³/mol. The van der Waals surface area contributed by atoms with Crippen LogP contribution >= 0.6 is 0 Å². The maximum atomic E-state index is 5.81. The summed E-state index contributed by atoms with van der Waals surface area (Å²) < 4.78 is 5.81. The quantitative estimate of drug-likeness (QED) is 0.258. The van der Waals surface area contributed by atoms with Gasteiger partial charge in [0, 0.05) is 117 Å². The number of rotatable bonds is 6. The van der Waals surface area contributed by atoms with Crippen LogP contribution in [0.4, 0.5) is 0 Å². The molecule has 14 aliphatic heterocycles. The van der Waals surface area contributed by atoms with Crippen LogP contribution in [0.5, 0.6) is 0 Å². The lowest BCUT2D eigenvalue weighted by Gasteiger charge is -2.51. The first-order chi connectivity index (χ1) is 52.0. The summed E-state index contributed by atoms with van der Waals surface area (Å²) >= 11 is 0. The molecular weight excluding hydrogens is 1380 g/mol. The largest absolute Gasteiger partial charge is 0.375 e. The number of fused-ring (bicyclic) bond motifs is 19. The Kier molecular flexibility index (Phi) is 33.9. The van der Waals surface area contributed by atoms with Crippen molar-refractivity contribution in [2.45, 2.75) is 483 Å². The first-order valence-corrected chi connectivity index (χ1v) is 49.5. The molecule has 113 heavy (non-hydrogen) atoms. The normalized spacial score (nSPS) is 39.2. The maximum Gasteiger partial charge on any atom is 0.0613 e. The topological polar surface area (TPSA) is 35.2 Å². The molecule has 18 bridgehead atoms. The van der Waals surface area contributed by atoms with Crippen molar-refractivity contribution in [3.8, 4) is 0 Å². The van der Waals surface area contributed by atoms with Gasteiger partial charge >= 0.3 is 0 Å². The van der Waals surface area contributed by atoms with E-state index in [0.717, 1.165) is 131 Å². The van der Waals surface area contributed by atoms with Crippen molar-refractivity contribution in [3.05, 3.63) is 0 Å². The minimum atomic E-state index is 0. The highest BCUT2D eigenvalue weighted by Gasteiger charge is 2.50. The maximum absolute atomic E-state index is 5.81. The summed E-state index contributed by atoms with van der Waals surface area (Å²) in [6, 6.07) is 9.11. The fourth-order valence-corrected chi connectivity index (χ4v) is 27.6. The van der Waals surface area contributed by atoms with E-state index >= 15 is 0 Å². The molecule has 9 nitrogen and oxygen atoms in total. The van der Waals surface area contributed by atoms with E-state index in [9.17, 15) is 0 Å². The van der Waals surface area contributed by atoms with Gasteiger partial charge in [-0.15, -0.1) is 0 Å². The second kappa shape index (κ2) is 39.7. The van der Waals surface area contributed by atoms with Crippen molar-refractivity contribution in [2.24, 2.45) is 104 Å². The van der Waals surface area contributed by atoms with E-state index in [4.69, 9.17) is 4.74 Å². The van der Waals surface area contributed by atoms with Gasteiger partial charge in [-0.05, 0) is 372 Å². The van der Waals surface area contributed by atoms with Crippen LogP contribution < -0.4 is 0 Å². The van der Waals surface area contributed by atoms with Crippen molar-refractivity contribution in [1.82, 2.24) is 39.2 Å². The van der Waals surface area contributed by atoms with Gasteiger partial charge in [-0.1, -0.05) is 165 Å². The zero-order valence-corrected chi connectivity index (χ0v) is 80.8. The fourth-order valence-electron chi connectivity index (χ4n) is 27.6. The average molecular weight is 1580 g/mol. The van der Waals surface area contributed by atoms with Gasteiger partial charge in [0.2, 0.25) is 0 Å². The van der Waals surface area contributed by atoms with Crippen molar-refractivity contribution in [1.29, 1.82) is 0 Å². The van der Waals surface area contributed by atoms with Crippen LogP contribution in [-0.2, 0) is 4.74 Å². The number of likely N-dealkylation sites (tertiary alicyclic amines) is 4. The smallest absolute Gasteiger partial charge is 0.0613 e. The van der Waals surface area contributed by atoms with Gasteiger partial charge in [-0.3, -0.25) is 19.6 Å². The summed E-state index contributed by atoms with van der Waals surface area (Å²) in [6.07, 6.45) is 49.4. The number of piperazine rings is 1. The number of likely N-dealkylation sites (N-methyl/N-ethyl adjacent to an activating group) is 1. The Bertz CT molecular complexity index is 2710. The van der Waals surface area contributed by atoms with Gasteiger partial charge in [0.1, 0.15) is 0 Å². The molecule has 14 saturated heterocycles. The molecule has 0 radical (unpaired) electrons. The van der Waals surface area contributed by atoms with Crippen LogP contribution in [0.1, 0.15) is 399 Å². The van der Waals surface area contributed by atoms with Crippen LogP contribution in [0.25, 0.3) is 0 Å². The second-order valence-electron chi connectivity index (χ2n) is 51.6. The molecule has 0 aromatic rings. The minimum Gasteiger partial charge on any atom is -0.375 e. The summed E-state index contributed by atoms with van der Waals surface area (Å²) in [6.45, 7) is 72.1. The zero-order valence-electron chi connectivity index (χ0n) is 80.8. The monoisotopic (exact) mass is 1580 g/mol. The molecule has 19 aliphatic rings. The van der Waals surface area contributed by atoms with E-state index in [1.165, 1.54) is 258 Å². The molecule has 18 unspecified atom stereocenters. The second-order valence-corrected chi connectivity index (χ2v) is 51.6. The van der Waals surface area contributed by atoms with E-state index in [-0.39, 0.29) is 7.43 Å². The highest BCUT2D eigenvalue weighted by molar-refractivity contribution is 5.05. The molecule has 18 atom stereocenters. The van der Waals surface area contributed by atoms with Gasteiger partial charge in [0.15, 0.2) is 0 Å². The summed E-state index contributed by atoms with van der Waals surface area (Å²) in [5.41, 5.74) is 3.89. The number of piperidine rings is 6. The molecule has 0 aromatic heterocycles. The van der Waals surface area contributed by atoms with Gasteiger partial charge in [0.25, 0.3) is 0 Å². The molecule has 5 saturated carbocycles. The van der Waals surface area contributed by atoms with E-state index in [2.05, 4.69) is 247 Å². The molecule has 14 heterocycles. The van der Waals surface area contributed by atoms with Crippen molar-refractivity contribution in [2.75, 3.05) is 80.5 Å². The van der Waals surface area contributed by atoms with Crippen molar-refractivity contribution < 1.29 is 4.74 Å². The lowest BCUT2D eigenvalue weighted by molar-refractivity contribution is -0.0163. The minimum absolute atomic E-state index is 0. The molecule has 9 heteroatoms. The van der Waals surface area contributed by atoms with E-state index in [1.807, 2.05) is 0 Å². The molecule has 0 N–H and O–H groups in total. The highest BCUT2D eigenvalue weighted by atomic mass is 16.5. The Hall–Kier alpha value is -0.360. The lowest BCUT2D eigenvalue weighted by atomic mass is 9.69. The standard InChI is InChI=1S/C14H27N.C13H25N.C12H23N.C12H22.C11H22N2.2C11H21N.C10H18O.C9H17N.CH4/c1-14(2,3)8-7-13-11-5-6-12(13)10-15(4)9-11;1-13(2,3)9-10-7-11-5-6-12(8-10)14(11)4;1-12(2,3)9-7-10-5-6-11(8-9)13(10)4;1-12(2,3)11-7-9-4-5-10(6-9)8-11;1-5-12-7-10-6-9(12)8-13(10)11(2,3)4;1-11(2,3)12-8-9-4-6-10(12)7-5-9;1-11(2,3)8-12-7-9-4-5-10(12)6-9;1-10(2,3)8-6-7-4-5-9(8)11-7;1-3-7-6-8-4-5-9(7)10(8)2;/h11-13H,5-10H2,1-4H3;10-12H,5-9H2,1-4H3;9-11H,5-8H2,1-4H3;9-11H,4-8H2,1-3H3;9-10H,5-8H2,1-4H3;2*9-10H,4-8H2,1-3H3;7-9H,4-6H2,1-3H3;7-9H,3-6H2,1-2H3;1H4. The third kappa shape index (κ3) is 27.1. The molecule has 19 fully saturated rings. The fraction of sp³-hybridized carbons (Fsp3) is 1.00. The Morgan fingerprint density at radius 3 is 1.19 bits per heavy atom. The lowest BCUT2D eigenvalue weighted by Crippen LogP contribution is -2.56. The summed E-state index contributed by atoms with van der Waals surface area (Å²) in [4.78, 5) is 21.2. The predicted octanol–water partition coefficient (Wildman–Crippen LogP) is 25.3. The molecule has 0 aromatic carbocycles. The van der Waals surface area contributed by atoms with Crippen LogP contribution in [0.15, 0.2) is 0 Å². The first kappa shape index (κ1) is 96.5. The van der Waals surface area contributed by atoms with E-state index < -0.39 is 0 Å². The summed E-state index contributed by atoms with van der Waals surface area (Å²) in [7, 11) is 9.25. The molecule has 5 aliphatic carbocycles. The van der Waals surface area contributed by atoms with Crippen LogP contribution in [-0.4, -0.2) is 203 Å². The van der Waals surface area contributed by atoms with Crippen molar-refractivity contribution in [3.63, 3.8) is 0 Å². The van der Waals surface area contributed by atoms with Gasteiger partial charge in [-0.25, -0.2) is 0 Å². The van der Waals surface area contributed by atoms with E-state index in [1.54, 1.807) is 6.42 Å². The SMILES string of the molecule is C.CC(C)(C)C1CC2CCC(C2)C1.CC(C)(C)C1CC2CCC1O2.CC(C)(C)CN1CC2CCC1C2.CC(C)(C)N1CC2CCC1CC2.CCC1CC2CCC1N2C.CCN1CC2CC1CN2C(C)(C)C.CN1C2CCC1CC(C(C)(C)C)C2.CN1C2CCC1CC(CC(C)(C)C)C2.CN1CC2CCC(C1)C2CCC(C)(C)C. The molecule has 0 amide bonds. The average Bonchev–Trinajstić information content (AvgIpc) is 1.51. The van der Waals surface area contributed by atoms with Gasteiger partial charge in [0.05, 0.1) is 12.2 Å². The summed E-state index contributed by atoms with van der Waals surface area (Å²) in [5, 5.41) is 0. The van der Waals surface area contributed by atoms with Gasteiger partial charge in [-0.2, -0.15) is 0 Å². The molecule has 0 spiro atoms. The third-order valence-corrected chi connectivity index (χ3v) is 34.1. The van der Waals surface area contributed by atoms with Crippen LogP contribution in [0, 0.1) is 104 Å². The first-order valence-electron chi connectivity index (χ1n) is 49.5. The zero-order chi connectivity index (χ0) is 82.2. The number of nitrogens with zero attached hydrogens (tertiary/aromatic N) is 8. The van der Waals surface area contributed by atoms with Crippen molar-refractivity contribution >= 4 is 0 Å². The van der Waals surface area contributed by atoms with Gasteiger partial charge < -0.3 is 24.3 Å². The number of ether oxygens (including phenoxy) is 1. The third-order valence-electron chi connectivity index (χ3n) is 34.1. The Morgan fingerprint density at radius 2 is 0.832 bits per heavy atom. The number of hydrogen-bond donors (Lipinski definition) is 0.